The zero-order valence-electron chi connectivity index (χ0n) is 63.9. The molecule has 0 N–H and O–H groups in total. The number of nitrogens with zero attached hydrogens (tertiary/aromatic N) is 3. The molecule has 15 heteroatoms. The number of rotatable bonds is 33. The summed E-state index contributed by atoms with van der Waals surface area (Å²) in [5, 5.41) is 16.6. The molecule has 0 saturated carbocycles. The van der Waals surface area contributed by atoms with Gasteiger partial charge in [-0.2, -0.15) is 8.75 Å². The molecule has 0 radical (unpaired) electrons. The number of carbonyl (C=O) groups is 2. The Kier molecular flexibility index (Phi) is 21.3. The van der Waals surface area contributed by atoms with Crippen LogP contribution in [0.4, 0.5) is 0 Å². The van der Waals surface area contributed by atoms with Gasteiger partial charge in [0.25, 0.3) is 11.8 Å². The van der Waals surface area contributed by atoms with E-state index in [1.807, 2.05) is 97.6 Å². The molecule has 556 valence electrons. The maximum atomic E-state index is 14.8. The molecule has 0 bridgehead atoms. The number of benzene rings is 7. The van der Waals surface area contributed by atoms with Crippen molar-refractivity contribution in [2.75, 3.05) is 6.54 Å². The number of hydrogen-bond donors (Lipinski definition) is 0. The first-order chi connectivity index (χ1) is 53.5. The van der Waals surface area contributed by atoms with Gasteiger partial charge in [-0.3, -0.25) is 14.5 Å². The fraction of sp³-hybridized carbons (Fsp3) is 0.362. The summed E-state index contributed by atoms with van der Waals surface area (Å²) in [5.74, 6) is 0.0914. The van der Waals surface area contributed by atoms with Crippen molar-refractivity contribution in [1.29, 1.82) is 0 Å². The van der Waals surface area contributed by atoms with E-state index >= 15 is 0 Å². The zero-order chi connectivity index (χ0) is 74.3. The van der Waals surface area contributed by atoms with Crippen LogP contribution in [0.1, 0.15) is 223 Å². The van der Waals surface area contributed by atoms with E-state index in [4.69, 9.17) is 8.75 Å². The van der Waals surface area contributed by atoms with E-state index in [1.165, 1.54) is 272 Å². The van der Waals surface area contributed by atoms with Crippen LogP contribution in [-0.4, -0.2) is 32.0 Å². The van der Waals surface area contributed by atoms with Crippen LogP contribution in [-0.2, 0) is 25.7 Å². The minimum absolute atomic E-state index is 0.106. The molecule has 109 heavy (non-hydrogen) atoms. The second-order valence-corrected chi connectivity index (χ2v) is 41.2. The molecule has 11 heterocycles. The molecule has 7 aromatic carbocycles. The van der Waals surface area contributed by atoms with Crippen molar-refractivity contribution in [2.24, 2.45) is 5.92 Å². The lowest BCUT2D eigenvalue weighted by Gasteiger charge is -2.21. The van der Waals surface area contributed by atoms with E-state index in [2.05, 4.69) is 158 Å². The quantitative estimate of drug-likeness (QED) is 0.0234. The molecule has 1 unspecified atom stereocenters. The number of unbranched alkanes of at least 4 members (excludes halogenated alkanes) is 13. The Balaban J connectivity index is 0.742. The highest BCUT2D eigenvalue weighted by atomic mass is 32.1. The second kappa shape index (κ2) is 31.4. The summed E-state index contributed by atoms with van der Waals surface area (Å²) < 4.78 is 16.0. The van der Waals surface area contributed by atoms with Gasteiger partial charge < -0.3 is 0 Å². The van der Waals surface area contributed by atoms with E-state index < -0.39 is 0 Å². The molecule has 0 fully saturated rings. The van der Waals surface area contributed by atoms with Crippen LogP contribution in [0.15, 0.2) is 109 Å². The van der Waals surface area contributed by atoms with Gasteiger partial charge in [0.15, 0.2) is 0 Å². The highest BCUT2D eigenvalue weighted by Crippen LogP contribution is 2.60. The van der Waals surface area contributed by atoms with Crippen molar-refractivity contribution in [1.82, 2.24) is 13.6 Å². The molecule has 0 saturated heterocycles. The Morgan fingerprint density at radius 1 is 0.349 bits per heavy atom. The Morgan fingerprint density at radius 3 is 1.11 bits per heavy atom. The van der Waals surface area contributed by atoms with E-state index in [0.29, 0.717) is 23.6 Å². The summed E-state index contributed by atoms with van der Waals surface area (Å²) in [6.45, 7) is 18.5. The van der Waals surface area contributed by atoms with Gasteiger partial charge in [0, 0.05) is 123 Å². The van der Waals surface area contributed by atoms with Gasteiger partial charge >= 0.3 is 0 Å². The summed E-state index contributed by atoms with van der Waals surface area (Å²) in [6, 6.07) is 43.2. The summed E-state index contributed by atoms with van der Waals surface area (Å²) in [7, 11) is 0. The number of thiophene rings is 9. The first-order valence-corrected chi connectivity index (χ1v) is 48.6. The monoisotopic (exact) mass is 1620 g/mol. The van der Waals surface area contributed by atoms with E-state index in [0.717, 1.165) is 89.9 Å². The normalized spacial score (nSPS) is 13.3. The van der Waals surface area contributed by atoms with Gasteiger partial charge in [-0.15, -0.1) is 102 Å². The molecular formula is C94H93N3O2S10. The lowest BCUT2D eigenvalue weighted by atomic mass is 9.93. The second-order valence-electron chi connectivity index (χ2n) is 30.8. The van der Waals surface area contributed by atoms with Crippen LogP contribution in [0.5, 0.6) is 0 Å². The molecular weight excluding hydrogens is 1520 g/mol. The van der Waals surface area contributed by atoms with Gasteiger partial charge in [-0.1, -0.05) is 199 Å². The van der Waals surface area contributed by atoms with Crippen LogP contribution in [0.25, 0.3) is 164 Å². The molecule has 0 aliphatic carbocycles. The Labute approximate surface area is 680 Å². The lowest BCUT2D eigenvalue weighted by Crippen LogP contribution is -2.34. The van der Waals surface area contributed by atoms with Gasteiger partial charge in [0.2, 0.25) is 0 Å². The first kappa shape index (κ1) is 73.9. The van der Waals surface area contributed by atoms with E-state index in [-0.39, 0.29) is 11.8 Å². The highest BCUT2D eigenvalue weighted by molar-refractivity contribution is 7.31. The number of imide groups is 1. The van der Waals surface area contributed by atoms with E-state index in [1.54, 1.807) is 16.2 Å². The molecule has 0 spiro atoms. The summed E-state index contributed by atoms with van der Waals surface area (Å²) >= 11 is 18.7. The zero-order valence-corrected chi connectivity index (χ0v) is 72.1. The lowest BCUT2D eigenvalue weighted by molar-refractivity contribution is 0.0624. The highest BCUT2D eigenvalue weighted by Gasteiger charge is 2.42. The Bertz CT molecular complexity index is 6250. The largest absolute Gasteiger partial charge is 0.274 e. The SMILES string of the molecule is CCCCCCc1cc(C)sc1-c1sc2cccc3c4c(-c5sc(-c6ccc(-c7cc(CCCCCC)c(-c8sc9cccc%10c%11c(-c%12sc(-c%13sc(C)c%14c%13C(=O)N(CC(CC)CCCC)C%14=O)cc%12CCCCCC)sc%12cccc(c8c9%10)c%12%11)s7)c7nsnc67)cc5CCCCCC)sc5cccc(c1c23)c54. The standard InChI is InChI=1S/C94H93N3O2S10/c1-9-15-20-24-33-55-47-52(7)100-84(55)89-77-61-37-28-42-66-74(61)78(62-38-29-41-65(102-89)73(62)77)90(103-66)85-56(34-25-21-16-10-2)48-69(106-85)59-45-46-60(83-82(59)95-109-96-83)70-49-57(35-26-22-17-11-3)86(107-70)91-79-63-39-30-44-68-76(63)80(64-40-31-43-67(104-91)75(64)79)92(105-68)87-58(36-27-23-18-12-4)50-71(108-87)88-81-72(53(8)101-88)93(98)97(94(81)99)51-54(14-6)32-19-13-5/h28-31,37-50,54H,9-27,32-36,51H2,1-8H3. The minimum Gasteiger partial charge on any atom is -0.274 e. The molecule has 10 aromatic heterocycles. The smallest absolute Gasteiger partial charge is 0.263 e. The van der Waals surface area contributed by atoms with Crippen LogP contribution in [0, 0.1) is 19.8 Å². The van der Waals surface area contributed by atoms with Crippen molar-refractivity contribution < 1.29 is 9.59 Å². The third kappa shape index (κ3) is 12.9. The summed E-state index contributed by atoms with van der Waals surface area (Å²) in [4.78, 5) is 48.9. The number of carbonyl (C=O) groups excluding carboxylic acids is 2. The van der Waals surface area contributed by atoms with Gasteiger partial charge in [0.1, 0.15) is 11.0 Å². The van der Waals surface area contributed by atoms with Gasteiger partial charge in [0.05, 0.1) is 47.2 Å². The number of aromatic nitrogens is 2. The van der Waals surface area contributed by atoms with Crippen LogP contribution in [0.3, 0.4) is 0 Å². The molecule has 1 aliphatic rings. The van der Waals surface area contributed by atoms with Crippen molar-refractivity contribution in [3.63, 3.8) is 0 Å². The summed E-state index contributed by atoms with van der Waals surface area (Å²) in [6.07, 6.45) is 27.8. The maximum Gasteiger partial charge on any atom is 0.263 e. The fourth-order valence-electron chi connectivity index (χ4n) is 18.0. The first-order valence-electron chi connectivity index (χ1n) is 40.5. The van der Waals surface area contributed by atoms with Crippen LogP contribution in [0.2, 0.25) is 0 Å². The summed E-state index contributed by atoms with van der Waals surface area (Å²) in [5.41, 5.74) is 11.4. The molecule has 18 rings (SSSR count). The molecule has 5 nitrogen and oxygen atoms in total. The Hall–Kier alpha value is -6.60. The predicted molar refractivity (Wildman–Crippen MR) is 488 cm³/mol. The average molecular weight is 1620 g/mol. The third-order valence-corrected chi connectivity index (χ3v) is 35.3. The topological polar surface area (TPSA) is 63.2 Å². The van der Waals surface area contributed by atoms with Crippen molar-refractivity contribution >= 4 is 220 Å². The minimum atomic E-state index is -0.108. The molecule has 1 atom stereocenters. The molecule has 17 aromatic rings. The molecule has 1 aliphatic heterocycles. The number of amides is 2. The average Bonchev–Trinajstić information content (AvgIpc) is 1.55. The number of fused-ring (bicyclic) bond motifs is 6. The number of aryl methyl sites for hydroxylation is 6. The van der Waals surface area contributed by atoms with Gasteiger partial charge in [-0.05, 0) is 170 Å². The van der Waals surface area contributed by atoms with Crippen molar-refractivity contribution in [3.8, 4) is 69.7 Å². The van der Waals surface area contributed by atoms with Crippen molar-refractivity contribution in [2.45, 2.75) is 209 Å². The maximum absolute atomic E-state index is 14.8. The van der Waals surface area contributed by atoms with Gasteiger partial charge in [-0.25, -0.2) is 0 Å². The van der Waals surface area contributed by atoms with Crippen LogP contribution >= 0.6 is 114 Å². The Morgan fingerprint density at radius 2 is 0.716 bits per heavy atom. The fourth-order valence-corrected chi connectivity index (χ4v) is 30.2. The molecule has 2 amide bonds. The van der Waals surface area contributed by atoms with Crippen molar-refractivity contribution in [3.05, 3.63) is 152 Å². The van der Waals surface area contributed by atoms with E-state index in [9.17, 15) is 9.59 Å². The number of hydrogen-bond acceptors (Lipinski definition) is 14. The third-order valence-electron chi connectivity index (χ3n) is 23.5. The van der Waals surface area contributed by atoms with Crippen LogP contribution < -0.4 is 0 Å². The predicted octanol–water partition coefficient (Wildman–Crippen LogP) is 32.9.